The van der Waals surface area contributed by atoms with Crippen LogP contribution in [0.25, 0.3) is 0 Å². The number of amides is 3. The minimum Gasteiger partial charge on any atom is -0.332 e. The molecule has 2 aliphatic heterocycles. The second kappa shape index (κ2) is 11.0. The summed E-state index contributed by atoms with van der Waals surface area (Å²) in [4.78, 5) is 29.7. The quantitative estimate of drug-likeness (QED) is 0.585. The highest BCUT2D eigenvalue weighted by Crippen LogP contribution is 2.41. The molecule has 2 fully saturated rings. The van der Waals surface area contributed by atoms with Crippen molar-refractivity contribution in [2.45, 2.75) is 58.8 Å². The topological polar surface area (TPSA) is 52.7 Å². The second-order valence-electron chi connectivity index (χ2n) is 10.3. The highest BCUT2D eigenvalue weighted by molar-refractivity contribution is 5.94. The molecule has 0 aliphatic carbocycles. The van der Waals surface area contributed by atoms with Crippen LogP contribution in [0.3, 0.4) is 0 Å². The third-order valence-corrected chi connectivity index (χ3v) is 7.48. The van der Waals surface area contributed by atoms with Crippen molar-refractivity contribution >= 4 is 17.6 Å². The smallest absolute Gasteiger partial charge is 0.321 e. The molecule has 2 aromatic carbocycles. The van der Waals surface area contributed by atoms with E-state index in [4.69, 9.17) is 0 Å². The number of para-hydroxylation sites is 1. The standard InChI is InChI=1S/C30H37N3O2/c1-4-9-25-12-8-13-26(23(2)3)28(25)31-29(35)33-21-18-30(22-33)16-19-32(20-17-30)27(34)15-14-24-10-6-5-7-11-24/h5-8,10-13,23H,4,9,16-22H2,1-3H3,(H,31,35). The van der Waals surface area contributed by atoms with Gasteiger partial charge in [-0.15, -0.1) is 0 Å². The van der Waals surface area contributed by atoms with E-state index in [1.807, 2.05) is 40.1 Å². The Morgan fingerprint density at radius 2 is 1.66 bits per heavy atom. The summed E-state index contributed by atoms with van der Waals surface area (Å²) in [6.07, 6.45) is 4.82. The maximum absolute atomic E-state index is 13.3. The molecule has 0 aromatic heterocycles. The van der Waals surface area contributed by atoms with Gasteiger partial charge in [-0.3, -0.25) is 4.79 Å². The number of nitrogens with one attached hydrogen (secondary N) is 1. The zero-order valence-electron chi connectivity index (χ0n) is 21.3. The van der Waals surface area contributed by atoms with Crippen molar-refractivity contribution in [1.29, 1.82) is 0 Å². The number of rotatable bonds is 4. The molecular formula is C30H37N3O2. The fourth-order valence-electron chi connectivity index (χ4n) is 5.34. The van der Waals surface area contributed by atoms with Gasteiger partial charge < -0.3 is 15.1 Å². The molecule has 184 valence electrons. The first-order valence-corrected chi connectivity index (χ1v) is 12.9. The predicted octanol–water partition coefficient (Wildman–Crippen LogP) is 5.66. The molecule has 0 bridgehead atoms. The third kappa shape index (κ3) is 5.88. The highest BCUT2D eigenvalue weighted by atomic mass is 16.2. The molecule has 0 unspecified atom stereocenters. The van der Waals surface area contributed by atoms with Gasteiger partial charge in [0.05, 0.1) is 0 Å². The number of hydrogen-bond donors (Lipinski definition) is 1. The molecular weight excluding hydrogens is 434 g/mol. The van der Waals surface area contributed by atoms with Gasteiger partial charge in [0, 0.05) is 43.4 Å². The maximum atomic E-state index is 13.3. The molecule has 0 saturated carbocycles. The van der Waals surface area contributed by atoms with E-state index in [-0.39, 0.29) is 17.4 Å². The third-order valence-electron chi connectivity index (χ3n) is 7.48. The summed E-state index contributed by atoms with van der Waals surface area (Å²) in [5.74, 6) is 6.01. The number of likely N-dealkylation sites (tertiary alicyclic amines) is 2. The summed E-state index contributed by atoms with van der Waals surface area (Å²) in [5, 5.41) is 3.27. The van der Waals surface area contributed by atoms with Crippen LogP contribution in [0.5, 0.6) is 0 Å². The van der Waals surface area contributed by atoms with Gasteiger partial charge in [0.25, 0.3) is 5.91 Å². The van der Waals surface area contributed by atoms with Gasteiger partial charge in [-0.25, -0.2) is 4.79 Å². The van der Waals surface area contributed by atoms with Gasteiger partial charge >= 0.3 is 6.03 Å². The predicted molar refractivity (Wildman–Crippen MR) is 141 cm³/mol. The highest BCUT2D eigenvalue weighted by Gasteiger charge is 2.42. The van der Waals surface area contributed by atoms with E-state index in [1.165, 1.54) is 11.1 Å². The SMILES string of the molecule is CCCc1cccc(C(C)C)c1NC(=O)N1CCC2(CCN(C(=O)C#Cc3ccccc3)CC2)C1. The van der Waals surface area contributed by atoms with Crippen LogP contribution < -0.4 is 5.32 Å². The van der Waals surface area contributed by atoms with Crippen molar-refractivity contribution in [1.82, 2.24) is 9.80 Å². The Bertz CT molecular complexity index is 1110. The molecule has 2 aliphatic rings. The number of carbonyl (C=O) groups is 2. The van der Waals surface area contributed by atoms with E-state index in [9.17, 15) is 9.59 Å². The number of urea groups is 1. The van der Waals surface area contributed by atoms with Gasteiger partial charge in [-0.05, 0) is 60.3 Å². The van der Waals surface area contributed by atoms with E-state index in [0.717, 1.165) is 56.4 Å². The Morgan fingerprint density at radius 3 is 2.31 bits per heavy atom. The summed E-state index contributed by atoms with van der Waals surface area (Å²) >= 11 is 0. The molecule has 35 heavy (non-hydrogen) atoms. The number of nitrogens with zero attached hydrogens (tertiary/aromatic N) is 2. The molecule has 1 N–H and O–H groups in total. The monoisotopic (exact) mass is 471 g/mol. The molecule has 2 aromatic rings. The van der Waals surface area contributed by atoms with E-state index in [2.05, 4.69) is 56.1 Å². The lowest BCUT2D eigenvalue weighted by molar-refractivity contribution is -0.127. The van der Waals surface area contributed by atoms with Crippen LogP contribution in [0.4, 0.5) is 10.5 Å². The average Bonchev–Trinajstić information content (AvgIpc) is 3.28. The van der Waals surface area contributed by atoms with Crippen LogP contribution in [0.15, 0.2) is 48.5 Å². The largest absolute Gasteiger partial charge is 0.332 e. The lowest BCUT2D eigenvalue weighted by Crippen LogP contribution is -2.44. The first-order chi connectivity index (χ1) is 16.9. The minimum atomic E-state index is -0.106. The van der Waals surface area contributed by atoms with E-state index < -0.39 is 0 Å². The first-order valence-electron chi connectivity index (χ1n) is 12.9. The number of anilines is 1. The molecule has 3 amide bonds. The van der Waals surface area contributed by atoms with Crippen molar-refractivity contribution in [3.8, 4) is 11.8 Å². The van der Waals surface area contributed by atoms with Crippen molar-refractivity contribution in [2.75, 3.05) is 31.5 Å². The lowest BCUT2D eigenvalue weighted by Gasteiger charge is -2.38. The van der Waals surface area contributed by atoms with Crippen molar-refractivity contribution in [2.24, 2.45) is 5.41 Å². The van der Waals surface area contributed by atoms with Crippen LogP contribution in [0.2, 0.25) is 0 Å². The summed E-state index contributed by atoms with van der Waals surface area (Å²) in [7, 11) is 0. The molecule has 0 atom stereocenters. The van der Waals surface area contributed by atoms with Gasteiger partial charge in [0.2, 0.25) is 0 Å². The number of hydrogen-bond acceptors (Lipinski definition) is 2. The number of piperidine rings is 1. The Hall–Kier alpha value is -3.26. The maximum Gasteiger partial charge on any atom is 0.321 e. The van der Waals surface area contributed by atoms with Crippen LogP contribution in [0.1, 0.15) is 69.1 Å². The van der Waals surface area contributed by atoms with Crippen LogP contribution in [-0.2, 0) is 11.2 Å². The van der Waals surface area contributed by atoms with Crippen LogP contribution in [0, 0.1) is 17.3 Å². The Balaban J connectivity index is 1.36. The van der Waals surface area contributed by atoms with E-state index in [1.54, 1.807) is 0 Å². The minimum absolute atomic E-state index is 0.000406. The number of carbonyl (C=O) groups excluding carboxylic acids is 2. The Morgan fingerprint density at radius 1 is 0.971 bits per heavy atom. The van der Waals surface area contributed by atoms with E-state index in [0.29, 0.717) is 19.0 Å². The van der Waals surface area contributed by atoms with Crippen molar-refractivity contribution in [3.05, 3.63) is 65.2 Å². The Kier molecular flexibility index (Phi) is 7.80. The fraction of sp³-hybridized carbons (Fsp3) is 0.467. The molecule has 0 radical (unpaired) electrons. The average molecular weight is 472 g/mol. The Labute approximate surface area is 209 Å². The zero-order valence-corrected chi connectivity index (χ0v) is 21.3. The molecule has 2 heterocycles. The molecule has 5 heteroatoms. The van der Waals surface area contributed by atoms with Gasteiger partial charge in [0.15, 0.2) is 0 Å². The summed E-state index contributed by atoms with van der Waals surface area (Å²) in [6.45, 7) is 9.44. The normalized spacial score (nSPS) is 16.8. The fourth-order valence-corrected chi connectivity index (χ4v) is 5.34. The van der Waals surface area contributed by atoms with Crippen LogP contribution in [-0.4, -0.2) is 47.9 Å². The van der Waals surface area contributed by atoms with Gasteiger partial charge in [-0.2, -0.15) is 0 Å². The van der Waals surface area contributed by atoms with Crippen LogP contribution >= 0.6 is 0 Å². The summed E-state index contributed by atoms with van der Waals surface area (Å²) in [6, 6.07) is 16.0. The lowest BCUT2D eigenvalue weighted by atomic mass is 9.78. The molecule has 4 rings (SSSR count). The molecule has 2 saturated heterocycles. The van der Waals surface area contributed by atoms with Crippen molar-refractivity contribution < 1.29 is 9.59 Å². The summed E-state index contributed by atoms with van der Waals surface area (Å²) in [5.41, 5.74) is 4.36. The molecule has 1 spiro atoms. The first kappa shape index (κ1) is 24.9. The van der Waals surface area contributed by atoms with Gasteiger partial charge in [-0.1, -0.05) is 69.5 Å². The van der Waals surface area contributed by atoms with E-state index >= 15 is 0 Å². The molecule has 5 nitrogen and oxygen atoms in total. The number of benzene rings is 2. The van der Waals surface area contributed by atoms with Gasteiger partial charge in [0.1, 0.15) is 0 Å². The number of aryl methyl sites for hydroxylation is 1. The second-order valence-corrected chi connectivity index (χ2v) is 10.3. The summed E-state index contributed by atoms with van der Waals surface area (Å²) < 4.78 is 0. The zero-order chi connectivity index (χ0) is 24.8. The van der Waals surface area contributed by atoms with Crippen molar-refractivity contribution in [3.63, 3.8) is 0 Å².